The van der Waals surface area contributed by atoms with Crippen molar-refractivity contribution in [1.29, 1.82) is 0 Å². The first kappa shape index (κ1) is 16.5. The molecule has 0 saturated carbocycles. The highest BCUT2D eigenvalue weighted by Gasteiger charge is 2.11. The topological polar surface area (TPSA) is 90.6 Å². The van der Waals surface area contributed by atoms with Crippen LogP contribution >= 0.6 is 0 Å². The Bertz CT molecular complexity index is 573. The van der Waals surface area contributed by atoms with Crippen LogP contribution in [0.5, 0.6) is 5.75 Å². The van der Waals surface area contributed by atoms with Crippen molar-refractivity contribution in [2.45, 2.75) is 6.92 Å². The lowest BCUT2D eigenvalue weighted by Gasteiger charge is -2.07. The molecular weight excluding hydrogens is 272 g/mol. The lowest BCUT2D eigenvalue weighted by atomic mass is 10.1. The second-order valence-electron chi connectivity index (χ2n) is 3.91. The smallest absolute Gasteiger partial charge is 0.325 e. The van der Waals surface area contributed by atoms with Gasteiger partial charge in [-0.05, 0) is 25.1 Å². The number of benzene rings is 1. The molecule has 0 heterocycles. The summed E-state index contributed by atoms with van der Waals surface area (Å²) in [4.78, 5) is 23.1. The predicted molar refractivity (Wildman–Crippen MR) is 77.9 cm³/mol. The summed E-state index contributed by atoms with van der Waals surface area (Å²) in [7, 11) is 1.52. The van der Waals surface area contributed by atoms with Crippen molar-refractivity contribution >= 4 is 11.9 Å². The van der Waals surface area contributed by atoms with Gasteiger partial charge in [0, 0.05) is 5.56 Å². The van der Waals surface area contributed by atoms with E-state index in [0.29, 0.717) is 16.9 Å². The number of amides is 1. The van der Waals surface area contributed by atoms with E-state index in [2.05, 4.69) is 17.2 Å². The molecule has 0 aromatic heterocycles. The second-order valence-corrected chi connectivity index (χ2v) is 3.91. The maximum atomic E-state index is 11.9. The third-order valence-corrected chi connectivity index (χ3v) is 2.49. The van der Waals surface area contributed by atoms with Crippen LogP contribution in [0.25, 0.3) is 0 Å². The van der Waals surface area contributed by atoms with Crippen LogP contribution in [0.15, 0.2) is 18.2 Å². The van der Waals surface area contributed by atoms with E-state index < -0.39 is 5.97 Å². The first-order valence-electron chi connectivity index (χ1n) is 6.43. The quantitative estimate of drug-likeness (QED) is 0.601. The summed E-state index contributed by atoms with van der Waals surface area (Å²) < 4.78 is 9.89. The maximum Gasteiger partial charge on any atom is 0.325 e. The number of hydrogen-bond acceptors (Lipinski definition) is 5. The van der Waals surface area contributed by atoms with Gasteiger partial charge < -0.3 is 20.5 Å². The molecule has 1 amide bonds. The minimum absolute atomic E-state index is 0.178. The van der Waals surface area contributed by atoms with Crippen molar-refractivity contribution < 1.29 is 19.1 Å². The first-order valence-corrected chi connectivity index (χ1v) is 6.43. The number of carbonyl (C=O) groups is 2. The van der Waals surface area contributed by atoms with Gasteiger partial charge in [-0.15, -0.1) is 0 Å². The molecule has 6 heteroatoms. The van der Waals surface area contributed by atoms with Crippen molar-refractivity contribution in [3.05, 3.63) is 29.3 Å². The van der Waals surface area contributed by atoms with Gasteiger partial charge in [0.15, 0.2) is 0 Å². The number of hydrogen-bond donors (Lipinski definition) is 2. The van der Waals surface area contributed by atoms with Gasteiger partial charge in [0.25, 0.3) is 5.91 Å². The number of esters is 1. The highest BCUT2D eigenvalue weighted by molar-refractivity contribution is 5.96. The van der Waals surface area contributed by atoms with E-state index in [9.17, 15) is 9.59 Å². The van der Waals surface area contributed by atoms with Gasteiger partial charge in [0.2, 0.25) is 0 Å². The molecule has 1 aromatic rings. The van der Waals surface area contributed by atoms with Crippen LogP contribution in [0, 0.1) is 11.8 Å². The molecule has 0 aliphatic carbocycles. The maximum absolute atomic E-state index is 11.9. The zero-order valence-corrected chi connectivity index (χ0v) is 12.1. The Hall–Kier alpha value is -2.52. The predicted octanol–water partition coefficient (Wildman–Crippen LogP) is 0.298. The standard InChI is InChI=1S/C15H18N2O4/c1-3-21-14(18)10-17-15(19)12-6-7-13(20-2)11(9-12)5-4-8-16/h6-7,9H,3,8,10,16H2,1-2H3,(H,17,19). The average Bonchev–Trinajstić information content (AvgIpc) is 2.50. The zero-order chi connectivity index (χ0) is 15.7. The van der Waals surface area contributed by atoms with Crippen LogP contribution in [0.4, 0.5) is 0 Å². The Labute approximate surface area is 123 Å². The molecule has 0 aliphatic rings. The summed E-state index contributed by atoms with van der Waals surface area (Å²) in [5.74, 6) is 5.22. The largest absolute Gasteiger partial charge is 0.495 e. The summed E-state index contributed by atoms with van der Waals surface area (Å²) in [6.07, 6.45) is 0. The first-order chi connectivity index (χ1) is 10.1. The molecule has 0 aliphatic heterocycles. The van der Waals surface area contributed by atoms with Gasteiger partial charge in [-0.1, -0.05) is 11.8 Å². The van der Waals surface area contributed by atoms with Gasteiger partial charge in [-0.3, -0.25) is 9.59 Å². The van der Waals surface area contributed by atoms with E-state index in [0.717, 1.165) is 0 Å². The number of nitrogens with one attached hydrogen (secondary N) is 1. The molecular formula is C15H18N2O4. The highest BCUT2D eigenvalue weighted by Crippen LogP contribution is 2.18. The average molecular weight is 290 g/mol. The fourth-order valence-electron chi connectivity index (χ4n) is 1.56. The van der Waals surface area contributed by atoms with Gasteiger partial charge in [-0.25, -0.2) is 0 Å². The molecule has 0 fully saturated rings. The Morgan fingerprint density at radius 1 is 1.38 bits per heavy atom. The molecule has 1 aromatic carbocycles. The van der Waals surface area contributed by atoms with E-state index in [1.54, 1.807) is 25.1 Å². The minimum atomic E-state index is -0.484. The Morgan fingerprint density at radius 3 is 2.76 bits per heavy atom. The van der Waals surface area contributed by atoms with Crippen molar-refractivity contribution in [3.8, 4) is 17.6 Å². The Kier molecular flexibility index (Phi) is 6.78. The molecule has 112 valence electrons. The Balaban J connectivity index is 2.83. The van der Waals surface area contributed by atoms with Crippen LogP contribution in [-0.4, -0.2) is 38.7 Å². The SMILES string of the molecule is CCOC(=O)CNC(=O)c1ccc(OC)c(C#CCN)c1. The molecule has 0 saturated heterocycles. The van der Waals surface area contributed by atoms with Gasteiger partial charge in [0.05, 0.1) is 25.8 Å². The number of rotatable bonds is 5. The van der Waals surface area contributed by atoms with Crippen LogP contribution in [0.2, 0.25) is 0 Å². The van der Waals surface area contributed by atoms with E-state index in [4.69, 9.17) is 15.2 Å². The van der Waals surface area contributed by atoms with E-state index in [1.807, 2.05) is 0 Å². The van der Waals surface area contributed by atoms with E-state index in [1.165, 1.54) is 7.11 Å². The fraction of sp³-hybridized carbons (Fsp3) is 0.333. The number of ether oxygens (including phenoxy) is 2. The third-order valence-electron chi connectivity index (χ3n) is 2.49. The summed E-state index contributed by atoms with van der Waals surface area (Å²) in [6.45, 7) is 2.01. The fourth-order valence-corrected chi connectivity index (χ4v) is 1.56. The third kappa shape index (κ3) is 5.16. The van der Waals surface area contributed by atoms with Crippen molar-refractivity contribution in [3.63, 3.8) is 0 Å². The van der Waals surface area contributed by atoms with Gasteiger partial charge in [-0.2, -0.15) is 0 Å². The summed E-state index contributed by atoms with van der Waals surface area (Å²) >= 11 is 0. The van der Waals surface area contributed by atoms with Gasteiger partial charge >= 0.3 is 5.97 Å². The lowest BCUT2D eigenvalue weighted by Crippen LogP contribution is -2.30. The van der Waals surface area contributed by atoms with Crippen molar-refractivity contribution in [2.24, 2.45) is 5.73 Å². The van der Waals surface area contributed by atoms with Crippen LogP contribution in [0.3, 0.4) is 0 Å². The van der Waals surface area contributed by atoms with Crippen molar-refractivity contribution in [2.75, 3.05) is 26.8 Å². The summed E-state index contributed by atoms with van der Waals surface area (Å²) in [5.41, 5.74) is 6.27. The zero-order valence-electron chi connectivity index (χ0n) is 12.1. The molecule has 6 nitrogen and oxygen atoms in total. The van der Waals surface area contributed by atoms with E-state index >= 15 is 0 Å². The molecule has 3 N–H and O–H groups in total. The minimum Gasteiger partial charge on any atom is -0.495 e. The number of methoxy groups -OCH3 is 1. The molecule has 0 radical (unpaired) electrons. The number of carbonyl (C=O) groups excluding carboxylic acids is 2. The Morgan fingerprint density at radius 2 is 2.14 bits per heavy atom. The normalized spacial score (nSPS) is 9.29. The second kappa shape index (κ2) is 8.61. The van der Waals surface area contributed by atoms with Crippen LogP contribution in [0.1, 0.15) is 22.8 Å². The van der Waals surface area contributed by atoms with Gasteiger partial charge in [0.1, 0.15) is 12.3 Å². The molecule has 0 spiro atoms. The monoisotopic (exact) mass is 290 g/mol. The van der Waals surface area contributed by atoms with Crippen molar-refractivity contribution in [1.82, 2.24) is 5.32 Å². The van der Waals surface area contributed by atoms with E-state index in [-0.39, 0.29) is 25.6 Å². The molecule has 0 bridgehead atoms. The van der Waals surface area contributed by atoms with Crippen LogP contribution in [-0.2, 0) is 9.53 Å². The molecule has 21 heavy (non-hydrogen) atoms. The van der Waals surface area contributed by atoms with Crippen LogP contribution < -0.4 is 15.8 Å². The molecule has 1 rings (SSSR count). The molecule has 0 unspecified atom stereocenters. The highest BCUT2D eigenvalue weighted by atomic mass is 16.5. The summed E-state index contributed by atoms with van der Waals surface area (Å²) in [6, 6.07) is 4.81. The molecule has 0 atom stereocenters. The number of nitrogens with two attached hydrogens (primary N) is 1. The lowest BCUT2D eigenvalue weighted by molar-refractivity contribution is -0.141. The summed E-state index contributed by atoms with van der Waals surface area (Å²) in [5, 5.41) is 2.48.